The molecule has 1 aliphatic rings. The number of carbonyl (C=O) groups excluding carboxylic acids is 2. The van der Waals surface area contributed by atoms with Crippen molar-refractivity contribution in [2.75, 3.05) is 13.1 Å². The molecule has 1 aliphatic heterocycles. The highest BCUT2D eigenvalue weighted by Gasteiger charge is 2.31. The molecular weight excluding hydrogens is 396 g/mol. The molecule has 158 valence electrons. The van der Waals surface area contributed by atoms with Gasteiger partial charge >= 0.3 is 16.4 Å². The van der Waals surface area contributed by atoms with Gasteiger partial charge in [-0.05, 0) is 19.4 Å². The minimum absolute atomic E-state index is 0.0755. The minimum Gasteiger partial charge on any atom is -0.466 e. The molecule has 28 heavy (non-hydrogen) atoms. The lowest BCUT2D eigenvalue weighted by atomic mass is 10.1. The summed E-state index contributed by atoms with van der Waals surface area (Å²) in [6.45, 7) is 4.56. The molecule has 3 amide bonds. The van der Waals surface area contributed by atoms with Gasteiger partial charge in [0.05, 0.1) is 6.26 Å². The number of nitrogens with one attached hydrogen (secondary N) is 3. The topological polar surface area (TPSA) is 159 Å². The van der Waals surface area contributed by atoms with Crippen molar-refractivity contribution >= 4 is 22.3 Å². The van der Waals surface area contributed by atoms with Gasteiger partial charge in [0.1, 0.15) is 11.8 Å². The maximum atomic E-state index is 12.6. The molecule has 4 N–H and O–H groups in total. The van der Waals surface area contributed by atoms with Gasteiger partial charge in [-0.3, -0.25) is 14.2 Å². The molecule has 2 rings (SSSR count). The van der Waals surface area contributed by atoms with Crippen LogP contribution in [0.15, 0.2) is 16.7 Å². The third kappa shape index (κ3) is 5.90. The number of hydrogen-bond acceptors (Lipinski definition) is 8. The van der Waals surface area contributed by atoms with E-state index in [1.807, 2.05) is 6.92 Å². The van der Waals surface area contributed by atoms with Crippen LogP contribution in [0.4, 0.5) is 4.79 Å². The number of urea groups is 1. The highest BCUT2D eigenvalue weighted by Crippen LogP contribution is 2.25. The van der Waals surface area contributed by atoms with Gasteiger partial charge in [0.2, 0.25) is 0 Å². The van der Waals surface area contributed by atoms with Crippen molar-refractivity contribution in [2.24, 2.45) is 0 Å². The second-order valence-electron chi connectivity index (χ2n) is 6.02. The molecule has 0 fully saturated rings. The van der Waals surface area contributed by atoms with Gasteiger partial charge in [0, 0.05) is 25.2 Å². The Morgan fingerprint density at radius 2 is 2.18 bits per heavy atom. The van der Waals surface area contributed by atoms with Crippen LogP contribution < -0.4 is 16.3 Å². The summed E-state index contributed by atoms with van der Waals surface area (Å²) in [5, 5.41) is 3.13. The summed E-state index contributed by atoms with van der Waals surface area (Å²) in [6.07, 6.45) is 1.86. The monoisotopic (exact) mass is 420 g/mol. The summed E-state index contributed by atoms with van der Waals surface area (Å²) < 4.78 is 39.1. The average molecular weight is 420 g/mol. The first-order valence-corrected chi connectivity index (χ1v) is 10.1. The van der Waals surface area contributed by atoms with E-state index >= 15 is 0 Å². The van der Waals surface area contributed by atoms with Gasteiger partial charge in [0.25, 0.3) is 5.91 Å². The van der Waals surface area contributed by atoms with Crippen molar-refractivity contribution in [3.8, 4) is 0 Å². The largest absolute Gasteiger partial charge is 0.466 e. The predicted octanol–water partition coefficient (Wildman–Crippen LogP) is 0.406. The van der Waals surface area contributed by atoms with Crippen LogP contribution in [0.1, 0.15) is 44.1 Å². The summed E-state index contributed by atoms with van der Waals surface area (Å²) in [4.78, 5) is 31.3. The zero-order chi connectivity index (χ0) is 20.7. The van der Waals surface area contributed by atoms with E-state index in [2.05, 4.69) is 15.1 Å². The normalized spacial score (nSPS) is 17.5. The van der Waals surface area contributed by atoms with Crippen LogP contribution in [0.5, 0.6) is 0 Å². The molecule has 13 heteroatoms. The maximum absolute atomic E-state index is 12.6. The second-order valence-corrected chi connectivity index (χ2v) is 7.04. The first-order chi connectivity index (χ1) is 13.3. The van der Waals surface area contributed by atoms with Crippen LogP contribution in [-0.2, 0) is 30.9 Å². The van der Waals surface area contributed by atoms with Gasteiger partial charge in [0.15, 0.2) is 6.10 Å². The lowest BCUT2D eigenvalue weighted by Crippen LogP contribution is -2.53. The van der Waals surface area contributed by atoms with E-state index in [1.54, 1.807) is 18.5 Å². The summed E-state index contributed by atoms with van der Waals surface area (Å²) in [5.74, 6) is 0.0159. The van der Waals surface area contributed by atoms with E-state index < -0.39 is 34.5 Å². The molecule has 1 unspecified atom stereocenters. The summed E-state index contributed by atoms with van der Waals surface area (Å²) in [7, 11) is -4.87. The molecule has 0 saturated carbocycles. The van der Waals surface area contributed by atoms with Gasteiger partial charge in [-0.15, -0.1) is 4.28 Å². The van der Waals surface area contributed by atoms with Crippen molar-refractivity contribution in [1.82, 2.24) is 21.2 Å². The van der Waals surface area contributed by atoms with Crippen molar-refractivity contribution in [2.45, 2.75) is 45.4 Å². The molecule has 2 heterocycles. The van der Waals surface area contributed by atoms with E-state index in [4.69, 9.17) is 13.8 Å². The Hall–Kier alpha value is -2.19. The zero-order valence-electron chi connectivity index (χ0n) is 15.5. The Bertz CT molecular complexity index is 781. The zero-order valence-corrected chi connectivity index (χ0v) is 16.3. The number of hydrogen-bond donors (Lipinski definition) is 4. The third-order valence-electron chi connectivity index (χ3n) is 4.10. The van der Waals surface area contributed by atoms with E-state index in [1.165, 1.54) is 6.26 Å². The van der Waals surface area contributed by atoms with Gasteiger partial charge in [-0.2, -0.15) is 13.9 Å². The fourth-order valence-electron chi connectivity index (χ4n) is 2.85. The Balaban J connectivity index is 2.01. The van der Waals surface area contributed by atoms with Crippen LogP contribution in [-0.4, -0.2) is 48.9 Å². The van der Waals surface area contributed by atoms with Crippen molar-refractivity contribution in [3.63, 3.8) is 0 Å². The molecule has 1 aromatic rings. The molecule has 0 aliphatic carbocycles. The van der Waals surface area contributed by atoms with Crippen molar-refractivity contribution in [3.05, 3.63) is 23.7 Å². The number of rotatable bonds is 9. The highest BCUT2D eigenvalue weighted by molar-refractivity contribution is 7.80. The molecule has 0 radical (unpaired) electrons. The number of furan rings is 1. The van der Waals surface area contributed by atoms with Crippen LogP contribution in [0.2, 0.25) is 0 Å². The quantitative estimate of drug-likeness (QED) is 0.328. The molecular formula is C15H24N4O8S. The van der Waals surface area contributed by atoms with Crippen LogP contribution in [0, 0.1) is 0 Å². The summed E-state index contributed by atoms with van der Waals surface area (Å²) in [6, 6.07) is -0.147. The number of nitrogens with zero attached hydrogens (tertiary/aromatic N) is 1. The summed E-state index contributed by atoms with van der Waals surface area (Å²) in [5.41, 5.74) is 4.85. The van der Waals surface area contributed by atoms with Gasteiger partial charge < -0.3 is 14.6 Å². The molecule has 12 nitrogen and oxygen atoms in total. The first-order valence-electron chi connectivity index (χ1n) is 8.71. The molecule has 2 atom stereocenters. The van der Waals surface area contributed by atoms with Crippen LogP contribution in [0.3, 0.4) is 0 Å². The fraction of sp³-hybridized carbons (Fsp3) is 0.600. The molecule has 0 bridgehead atoms. The minimum atomic E-state index is -4.87. The van der Waals surface area contributed by atoms with Crippen LogP contribution >= 0.6 is 0 Å². The van der Waals surface area contributed by atoms with Gasteiger partial charge in [-0.25, -0.2) is 10.3 Å². The smallest absolute Gasteiger partial charge is 0.418 e. The third-order valence-corrected chi connectivity index (χ3v) is 4.39. The number of likely N-dealkylation sites (N-methyl/N-ethyl adjacent to an activating group) is 1. The Kier molecular flexibility index (Phi) is 7.77. The van der Waals surface area contributed by atoms with E-state index in [9.17, 15) is 18.0 Å². The van der Waals surface area contributed by atoms with Crippen molar-refractivity contribution in [1.29, 1.82) is 0 Å². The lowest BCUT2D eigenvalue weighted by molar-refractivity contribution is -0.145. The fourth-order valence-corrected chi connectivity index (χ4v) is 3.03. The number of carbonyl (C=O) groups is 2. The second kappa shape index (κ2) is 9.84. The number of amides is 3. The number of fused-ring (bicyclic) bond motifs is 1. The van der Waals surface area contributed by atoms with E-state index in [0.717, 1.165) is 10.5 Å². The molecule has 0 spiro atoms. The average Bonchev–Trinajstić information content (AvgIpc) is 3.13. The number of hydroxylamine groups is 2. The van der Waals surface area contributed by atoms with Gasteiger partial charge in [-0.1, -0.05) is 13.3 Å². The molecule has 0 saturated heterocycles. The summed E-state index contributed by atoms with van der Waals surface area (Å²) >= 11 is 0. The highest BCUT2D eigenvalue weighted by atomic mass is 32.3. The molecule has 1 aromatic heterocycles. The predicted molar refractivity (Wildman–Crippen MR) is 94.6 cm³/mol. The lowest BCUT2D eigenvalue weighted by Gasteiger charge is -2.30. The maximum Gasteiger partial charge on any atom is 0.418 e. The van der Waals surface area contributed by atoms with E-state index in [-0.39, 0.29) is 13.0 Å². The Morgan fingerprint density at radius 3 is 2.82 bits per heavy atom. The Morgan fingerprint density at radius 1 is 1.43 bits per heavy atom. The van der Waals surface area contributed by atoms with Crippen LogP contribution in [0.25, 0.3) is 0 Å². The first kappa shape index (κ1) is 22.1. The molecule has 0 aromatic carbocycles. The SMILES string of the molecule is CCC[C@@H](C(=O)NOC1CNCc2ccoc21)N(CC)C(=O)NOS(=O)(=O)O. The standard InChI is InChI=1S/C15H24N4O8S/c1-3-5-11(19(4-2)15(21)18-27-28(22,23)24)14(20)17-26-12-9-16-8-10-6-7-25-13(10)12/h6-7,11-12,16H,3-5,8-9H2,1-2H3,(H,17,20)(H,18,21)(H,22,23,24)/t11-,12?/m0/s1. The van der Waals surface area contributed by atoms with E-state index in [0.29, 0.717) is 25.3 Å². The van der Waals surface area contributed by atoms with Crippen molar-refractivity contribution < 1.29 is 36.1 Å². The Labute approximate surface area is 162 Å².